The number of carbonyl (C=O) groups is 2. The van der Waals surface area contributed by atoms with E-state index in [9.17, 15) is 9.59 Å². The fourth-order valence-corrected chi connectivity index (χ4v) is 5.03. The molecule has 0 aliphatic carbocycles. The maximum absolute atomic E-state index is 13.6. The molecule has 35 heavy (non-hydrogen) atoms. The highest BCUT2D eigenvalue weighted by molar-refractivity contribution is 7.13. The molecule has 7 nitrogen and oxygen atoms in total. The minimum absolute atomic E-state index is 0.178. The van der Waals surface area contributed by atoms with Gasteiger partial charge in [-0.25, -0.2) is 4.98 Å². The average Bonchev–Trinajstić information content (AvgIpc) is 3.52. The van der Waals surface area contributed by atoms with Gasteiger partial charge in [0.05, 0.1) is 0 Å². The summed E-state index contributed by atoms with van der Waals surface area (Å²) in [5, 5.41) is 5.16. The molecule has 1 atom stereocenters. The Hall–Kier alpha value is -4.17. The van der Waals surface area contributed by atoms with Gasteiger partial charge in [-0.15, -0.1) is 11.3 Å². The minimum Gasteiger partial charge on any atom is -0.486 e. The van der Waals surface area contributed by atoms with Crippen LogP contribution in [0.2, 0.25) is 0 Å². The molecule has 0 radical (unpaired) electrons. The largest absolute Gasteiger partial charge is 0.486 e. The summed E-state index contributed by atoms with van der Waals surface area (Å²) in [6.45, 7) is 1.40. The number of nitrogens with one attached hydrogen (secondary N) is 1. The van der Waals surface area contributed by atoms with Crippen LogP contribution in [0.4, 0.5) is 5.13 Å². The van der Waals surface area contributed by atoms with E-state index >= 15 is 0 Å². The number of carbonyl (C=O) groups excluding carboxylic acids is 2. The number of rotatable bonds is 5. The van der Waals surface area contributed by atoms with E-state index in [0.29, 0.717) is 36.2 Å². The molecule has 8 heteroatoms. The Labute approximate surface area is 206 Å². The lowest BCUT2D eigenvalue weighted by Crippen LogP contribution is -2.37. The van der Waals surface area contributed by atoms with Crippen molar-refractivity contribution in [1.82, 2.24) is 9.88 Å². The fraction of sp³-hybridized carbons (Fsp3) is 0.148. The average molecular weight is 484 g/mol. The van der Waals surface area contributed by atoms with Crippen molar-refractivity contribution in [2.75, 3.05) is 18.5 Å². The highest BCUT2D eigenvalue weighted by Gasteiger charge is 2.37. The van der Waals surface area contributed by atoms with E-state index in [1.165, 1.54) is 11.3 Å². The third-order valence-corrected chi connectivity index (χ3v) is 6.84. The molecule has 2 amide bonds. The van der Waals surface area contributed by atoms with E-state index in [2.05, 4.69) is 10.3 Å². The number of hydrogen-bond donors (Lipinski definition) is 1. The molecule has 2 aliphatic rings. The normalized spacial score (nSPS) is 15.0. The molecule has 174 valence electrons. The zero-order valence-electron chi connectivity index (χ0n) is 18.6. The van der Waals surface area contributed by atoms with Crippen LogP contribution in [0.5, 0.6) is 11.5 Å². The molecule has 0 spiro atoms. The van der Waals surface area contributed by atoms with Crippen LogP contribution in [0.15, 0.2) is 78.3 Å². The Bertz CT molecular complexity index is 1410. The second-order valence-electron chi connectivity index (χ2n) is 8.30. The van der Waals surface area contributed by atoms with Crippen LogP contribution >= 0.6 is 11.3 Å². The summed E-state index contributed by atoms with van der Waals surface area (Å²) in [4.78, 5) is 32.8. The van der Waals surface area contributed by atoms with Crippen LogP contribution in [0.3, 0.4) is 0 Å². The smallest absolute Gasteiger partial charge is 0.255 e. The van der Waals surface area contributed by atoms with E-state index < -0.39 is 6.04 Å². The zero-order valence-corrected chi connectivity index (χ0v) is 19.5. The van der Waals surface area contributed by atoms with Gasteiger partial charge in [-0.2, -0.15) is 0 Å². The monoisotopic (exact) mass is 483 g/mol. The first-order valence-corrected chi connectivity index (χ1v) is 12.1. The van der Waals surface area contributed by atoms with Gasteiger partial charge in [0.1, 0.15) is 19.3 Å². The summed E-state index contributed by atoms with van der Waals surface area (Å²) in [5.41, 5.74) is 4.07. The number of ether oxygens (including phenoxy) is 2. The molecule has 0 bridgehead atoms. The summed E-state index contributed by atoms with van der Waals surface area (Å²) in [5.74, 6) is 0.951. The quantitative estimate of drug-likeness (QED) is 0.436. The van der Waals surface area contributed by atoms with Gasteiger partial charge in [0.15, 0.2) is 16.6 Å². The lowest BCUT2D eigenvalue weighted by Gasteiger charge is -2.27. The van der Waals surface area contributed by atoms with Crippen molar-refractivity contribution < 1.29 is 19.1 Å². The summed E-state index contributed by atoms with van der Waals surface area (Å²) in [6, 6.07) is 20.2. The molecule has 6 rings (SSSR count). The Morgan fingerprint density at radius 2 is 1.74 bits per heavy atom. The van der Waals surface area contributed by atoms with Gasteiger partial charge < -0.3 is 14.4 Å². The van der Waals surface area contributed by atoms with Crippen molar-refractivity contribution in [3.63, 3.8) is 0 Å². The number of aromatic nitrogens is 1. The van der Waals surface area contributed by atoms with Crippen molar-refractivity contribution in [1.29, 1.82) is 0 Å². The van der Waals surface area contributed by atoms with Crippen molar-refractivity contribution in [2.24, 2.45) is 0 Å². The highest BCUT2D eigenvalue weighted by atomic mass is 32.1. The van der Waals surface area contributed by atoms with Gasteiger partial charge >= 0.3 is 0 Å². The van der Waals surface area contributed by atoms with Crippen LogP contribution in [0, 0.1) is 0 Å². The van der Waals surface area contributed by atoms with Gasteiger partial charge in [-0.3, -0.25) is 14.9 Å². The van der Waals surface area contributed by atoms with Gasteiger partial charge in [0.25, 0.3) is 11.8 Å². The lowest BCUT2D eigenvalue weighted by atomic mass is 10.00. The molecule has 3 heterocycles. The number of anilines is 1. The lowest BCUT2D eigenvalue weighted by molar-refractivity contribution is -0.120. The van der Waals surface area contributed by atoms with Crippen molar-refractivity contribution in [3.8, 4) is 22.6 Å². The third-order valence-electron chi connectivity index (χ3n) is 6.16. The molecule has 4 aromatic rings. The maximum atomic E-state index is 13.6. The van der Waals surface area contributed by atoms with E-state index in [1.807, 2.05) is 66.7 Å². The van der Waals surface area contributed by atoms with Crippen LogP contribution in [-0.4, -0.2) is 34.9 Å². The molecule has 0 saturated carbocycles. The Morgan fingerprint density at radius 1 is 0.971 bits per heavy atom. The Kier molecular flexibility index (Phi) is 5.42. The number of amides is 2. The zero-order chi connectivity index (χ0) is 23.8. The predicted molar refractivity (Wildman–Crippen MR) is 133 cm³/mol. The first kappa shape index (κ1) is 21.4. The summed E-state index contributed by atoms with van der Waals surface area (Å²) in [7, 11) is 0. The van der Waals surface area contributed by atoms with E-state index in [0.717, 1.165) is 28.0 Å². The van der Waals surface area contributed by atoms with Crippen molar-refractivity contribution in [2.45, 2.75) is 12.6 Å². The van der Waals surface area contributed by atoms with Crippen LogP contribution in [0.25, 0.3) is 11.1 Å². The molecule has 1 N–H and O–H groups in total. The van der Waals surface area contributed by atoms with Crippen molar-refractivity contribution >= 4 is 28.3 Å². The number of benzene rings is 3. The Morgan fingerprint density at radius 3 is 2.54 bits per heavy atom. The molecular weight excluding hydrogens is 462 g/mol. The number of hydrogen-bond acceptors (Lipinski definition) is 6. The van der Waals surface area contributed by atoms with Gasteiger partial charge in [0, 0.05) is 23.7 Å². The Balaban J connectivity index is 1.32. The van der Waals surface area contributed by atoms with Crippen molar-refractivity contribution in [3.05, 3.63) is 95.0 Å². The predicted octanol–water partition coefficient (Wildman–Crippen LogP) is 4.92. The highest BCUT2D eigenvalue weighted by Crippen LogP contribution is 2.38. The molecular formula is C27H21N3O4S. The first-order chi connectivity index (χ1) is 17.2. The third kappa shape index (κ3) is 4.02. The molecule has 0 saturated heterocycles. The maximum Gasteiger partial charge on any atom is 0.255 e. The summed E-state index contributed by atoms with van der Waals surface area (Å²) in [6.07, 6.45) is 1.63. The topological polar surface area (TPSA) is 80.8 Å². The van der Waals surface area contributed by atoms with Crippen LogP contribution in [0.1, 0.15) is 27.5 Å². The number of thiazole rings is 1. The van der Waals surface area contributed by atoms with Gasteiger partial charge in [-0.1, -0.05) is 48.5 Å². The van der Waals surface area contributed by atoms with Crippen LogP contribution in [-0.2, 0) is 11.3 Å². The van der Waals surface area contributed by atoms with E-state index in [4.69, 9.17) is 9.47 Å². The molecule has 2 aliphatic heterocycles. The first-order valence-electron chi connectivity index (χ1n) is 11.3. The number of nitrogens with zero attached hydrogens (tertiary/aromatic N) is 2. The molecule has 1 aromatic heterocycles. The SMILES string of the molecule is O=C(Nc1nccs1)[C@@H](c1ccccc1)N1Cc2ccc(-c3ccc4c(c3)OCCO4)cc2C1=O. The van der Waals surface area contributed by atoms with Crippen LogP contribution < -0.4 is 14.8 Å². The van der Waals surface area contributed by atoms with E-state index in [-0.39, 0.29) is 11.8 Å². The van der Waals surface area contributed by atoms with Gasteiger partial charge in [-0.05, 0) is 40.5 Å². The second-order valence-corrected chi connectivity index (χ2v) is 9.20. The fourth-order valence-electron chi connectivity index (χ4n) is 4.50. The number of fused-ring (bicyclic) bond motifs is 2. The second kappa shape index (κ2) is 8.88. The molecule has 0 fully saturated rings. The minimum atomic E-state index is -0.780. The van der Waals surface area contributed by atoms with E-state index in [1.54, 1.807) is 16.5 Å². The standard InChI is InChI=1S/C27H21N3O4S/c31-25(29-27-28-10-13-35-27)24(17-4-2-1-3-5-17)30-16-20-7-6-18(14-21(20)26(30)32)19-8-9-22-23(15-19)34-12-11-33-22/h1-10,13-15,24H,11-12,16H2,(H,28,29,31)/t24-/m1/s1. The van der Waals surface area contributed by atoms with Gasteiger partial charge in [0.2, 0.25) is 0 Å². The summed E-state index contributed by atoms with van der Waals surface area (Å²) < 4.78 is 11.3. The molecule has 3 aromatic carbocycles. The summed E-state index contributed by atoms with van der Waals surface area (Å²) >= 11 is 1.34. The molecule has 0 unspecified atom stereocenters.